The molecule has 1 aromatic rings. The molecule has 18 heavy (non-hydrogen) atoms. The summed E-state index contributed by atoms with van der Waals surface area (Å²) in [6.45, 7) is 6.15. The molecule has 0 aliphatic heterocycles. The monoisotopic (exact) mass is 249 g/mol. The lowest BCUT2D eigenvalue weighted by Gasteiger charge is -2.37. The highest BCUT2D eigenvalue weighted by Crippen LogP contribution is 2.45. The average Bonchev–Trinajstić information content (AvgIpc) is 2.60. The second-order valence-electron chi connectivity index (χ2n) is 6.32. The van der Waals surface area contributed by atoms with Crippen molar-refractivity contribution in [2.45, 2.75) is 38.8 Å². The summed E-state index contributed by atoms with van der Waals surface area (Å²) < 4.78 is 0. The van der Waals surface area contributed by atoms with Crippen molar-refractivity contribution >= 4 is 0 Å². The maximum absolute atomic E-state index is 9.44. The van der Waals surface area contributed by atoms with Gasteiger partial charge in [-0.3, -0.25) is 0 Å². The highest BCUT2D eigenvalue weighted by atomic mass is 16.3. The van der Waals surface area contributed by atoms with E-state index in [1.165, 1.54) is 11.1 Å². The molecule has 0 aromatic heterocycles. The fraction of sp³-hybridized carbons (Fsp3) is 0.600. The molecule has 1 aromatic carbocycles. The maximum atomic E-state index is 9.44. The number of rotatable bonds is 4. The van der Waals surface area contributed by atoms with Crippen LogP contribution in [0.25, 0.3) is 0 Å². The van der Waals surface area contributed by atoms with E-state index < -0.39 is 5.54 Å². The van der Waals surface area contributed by atoms with Gasteiger partial charge in [-0.1, -0.05) is 38.1 Å². The average molecular weight is 249 g/mol. The van der Waals surface area contributed by atoms with Gasteiger partial charge in [-0.05, 0) is 29.9 Å². The van der Waals surface area contributed by atoms with Gasteiger partial charge in [-0.15, -0.1) is 0 Å². The van der Waals surface area contributed by atoms with Crippen molar-refractivity contribution in [2.75, 3.05) is 13.2 Å². The first kappa shape index (κ1) is 13.5. The molecule has 0 radical (unpaired) electrons. The minimum absolute atomic E-state index is 0.0712. The number of aliphatic hydroxyl groups excluding tert-OH is 2. The Morgan fingerprint density at radius 2 is 1.89 bits per heavy atom. The molecule has 2 rings (SSSR count). The van der Waals surface area contributed by atoms with Crippen molar-refractivity contribution in [3.63, 3.8) is 0 Å². The standard InChI is InChI=1S/C15H23NO2/c1-14(2)8-11-6-4-5-7-12(11)13(14)16-15(3,9-17)10-18/h4-7,13,16-18H,8-10H2,1-3H3. The molecule has 0 saturated carbocycles. The summed E-state index contributed by atoms with van der Waals surface area (Å²) in [6, 6.07) is 8.57. The Bertz CT molecular complexity index is 424. The van der Waals surface area contributed by atoms with E-state index in [2.05, 4.69) is 37.4 Å². The van der Waals surface area contributed by atoms with Gasteiger partial charge in [0.15, 0.2) is 0 Å². The van der Waals surface area contributed by atoms with E-state index >= 15 is 0 Å². The third-order valence-electron chi connectivity index (χ3n) is 3.98. The second-order valence-corrected chi connectivity index (χ2v) is 6.32. The number of benzene rings is 1. The molecule has 1 aliphatic rings. The normalized spacial score (nSPS) is 21.9. The minimum atomic E-state index is -0.639. The molecule has 1 unspecified atom stereocenters. The van der Waals surface area contributed by atoms with Gasteiger partial charge in [0, 0.05) is 6.04 Å². The van der Waals surface area contributed by atoms with Crippen molar-refractivity contribution in [1.82, 2.24) is 5.32 Å². The molecule has 1 atom stereocenters. The van der Waals surface area contributed by atoms with Crippen LogP contribution in [0.4, 0.5) is 0 Å². The highest BCUT2D eigenvalue weighted by Gasteiger charge is 2.41. The summed E-state index contributed by atoms with van der Waals surface area (Å²) in [7, 11) is 0. The SMILES string of the molecule is CC(CO)(CO)NC1c2ccccc2CC1(C)C. The van der Waals surface area contributed by atoms with Crippen molar-refractivity contribution in [2.24, 2.45) is 5.41 Å². The fourth-order valence-corrected chi connectivity index (χ4v) is 2.75. The lowest BCUT2D eigenvalue weighted by molar-refractivity contribution is 0.0762. The van der Waals surface area contributed by atoms with Crippen LogP contribution in [0.1, 0.15) is 37.9 Å². The van der Waals surface area contributed by atoms with Gasteiger partial charge in [-0.2, -0.15) is 0 Å². The zero-order valence-corrected chi connectivity index (χ0v) is 11.4. The quantitative estimate of drug-likeness (QED) is 0.760. The third kappa shape index (κ3) is 2.30. The van der Waals surface area contributed by atoms with Crippen LogP contribution in [0, 0.1) is 5.41 Å². The molecule has 0 amide bonds. The third-order valence-corrected chi connectivity index (χ3v) is 3.98. The van der Waals surface area contributed by atoms with E-state index in [4.69, 9.17) is 0 Å². The molecular formula is C15H23NO2. The van der Waals surface area contributed by atoms with Crippen LogP contribution in [-0.2, 0) is 6.42 Å². The van der Waals surface area contributed by atoms with Gasteiger partial charge >= 0.3 is 0 Å². The van der Waals surface area contributed by atoms with Crippen LogP contribution in [-0.4, -0.2) is 29.0 Å². The Morgan fingerprint density at radius 1 is 1.28 bits per heavy atom. The molecule has 0 spiro atoms. The topological polar surface area (TPSA) is 52.5 Å². The smallest absolute Gasteiger partial charge is 0.0633 e. The minimum Gasteiger partial charge on any atom is -0.394 e. The van der Waals surface area contributed by atoms with Crippen LogP contribution in [0.15, 0.2) is 24.3 Å². The predicted molar refractivity (Wildman–Crippen MR) is 72.4 cm³/mol. The number of hydrogen-bond donors (Lipinski definition) is 3. The van der Waals surface area contributed by atoms with Gasteiger partial charge in [-0.25, -0.2) is 0 Å². The second kappa shape index (κ2) is 4.65. The van der Waals surface area contributed by atoms with E-state index in [9.17, 15) is 10.2 Å². The van der Waals surface area contributed by atoms with Crippen LogP contribution in [0.5, 0.6) is 0 Å². The molecule has 1 aliphatic carbocycles. The molecule has 100 valence electrons. The largest absolute Gasteiger partial charge is 0.394 e. The van der Waals surface area contributed by atoms with Gasteiger partial charge in [0.05, 0.1) is 18.8 Å². The van der Waals surface area contributed by atoms with E-state index in [-0.39, 0.29) is 24.7 Å². The Kier molecular flexibility index (Phi) is 3.49. The molecule has 3 N–H and O–H groups in total. The predicted octanol–water partition coefficient (Wildman–Crippen LogP) is 1.64. The summed E-state index contributed by atoms with van der Waals surface area (Å²) in [5.74, 6) is 0. The van der Waals surface area contributed by atoms with Crippen LogP contribution >= 0.6 is 0 Å². The van der Waals surface area contributed by atoms with E-state index in [1.54, 1.807) is 0 Å². The van der Waals surface area contributed by atoms with E-state index in [0.717, 1.165) is 6.42 Å². The molecule has 3 nitrogen and oxygen atoms in total. The zero-order valence-electron chi connectivity index (χ0n) is 11.4. The van der Waals surface area contributed by atoms with Crippen molar-refractivity contribution in [1.29, 1.82) is 0 Å². The first-order valence-corrected chi connectivity index (χ1v) is 6.49. The summed E-state index contributed by atoms with van der Waals surface area (Å²) in [5.41, 5.74) is 2.10. The van der Waals surface area contributed by atoms with Crippen molar-refractivity contribution in [3.05, 3.63) is 35.4 Å². The summed E-state index contributed by atoms with van der Waals surface area (Å²) in [6.07, 6.45) is 1.02. The van der Waals surface area contributed by atoms with Crippen molar-refractivity contribution < 1.29 is 10.2 Å². The van der Waals surface area contributed by atoms with Gasteiger partial charge in [0.25, 0.3) is 0 Å². The summed E-state index contributed by atoms with van der Waals surface area (Å²) >= 11 is 0. The summed E-state index contributed by atoms with van der Waals surface area (Å²) in [5, 5.41) is 22.3. The van der Waals surface area contributed by atoms with Crippen LogP contribution < -0.4 is 5.32 Å². The Balaban J connectivity index is 2.31. The number of nitrogens with one attached hydrogen (secondary N) is 1. The molecule has 0 heterocycles. The number of hydrogen-bond acceptors (Lipinski definition) is 3. The van der Waals surface area contributed by atoms with Gasteiger partial charge in [0.2, 0.25) is 0 Å². The maximum Gasteiger partial charge on any atom is 0.0633 e. The highest BCUT2D eigenvalue weighted by molar-refractivity contribution is 5.37. The molecule has 0 saturated heterocycles. The Labute approximate surface area is 109 Å². The van der Waals surface area contributed by atoms with Crippen molar-refractivity contribution in [3.8, 4) is 0 Å². The number of fused-ring (bicyclic) bond motifs is 1. The van der Waals surface area contributed by atoms with Crippen LogP contribution in [0.2, 0.25) is 0 Å². The first-order chi connectivity index (χ1) is 8.42. The van der Waals surface area contributed by atoms with E-state index in [1.807, 2.05) is 13.0 Å². The van der Waals surface area contributed by atoms with E-state index in [0.29, 0.717) is 0 Å². The zero-order chi connectivity index (χ0) is 13.4. The Hall–Kier alpha value is -0.900. The molecule has 0 bridgehead atoms. The molecular weight excluding hydrogens is 226 g/mol. The lowest BCUT2D eigenvalue weighted by Crippen LogP contribution is -2.52. The Morgan fingerprint density at radius 3 is 2.50 bits per heavy atom. The lowest BCUT2D eigenvalue weighted by atomic mass is 9.83. The van der Waals surface area contributed by atoms with Gasteiger partial charge in [0.1, 0.15) is 0 Å². The number of aliphatic hydroxyl groups is 2. The van der Waals surface area contributed by atoms with Gasteiger partial charge < -0.3 is 15.5 Å². The molecule has 0 fully saturated rings. The summed E-state index contributed by atoms with van der Waals surface area (Å²) in [4.78, 5) is 0. The first-order valence-electron chi connectivity index (χ1n) is 6.49. The fourth-order valence-electron chi connectivity index (χ4n) is 2.75. The van der Waals surface area contributed by atoms with Crippen LogP contribution in [0.3, 0.4) is 0 Å². The molecule has 3 heteroatoms.